The molecule has 1 aromatic rings. The maximum atomic E-state index is 11.6. The van der Waals surface area contributed by atoms with Gasteiger partial charge < -0.3 is 10.2 Å². The standard InChI is InChI=1S/C8H11NO5S2/c1-5(10)3-9-16(13,14)6-2-7(8(11)12)15-4-6/h2,4-5,9-10H,3H2,1H3,(H,11,12)/t5-/m1/s1. The molecule has 0 fully saturated rings. The van der Waals surface area contributed by atoms with E-state index in [0.29, 0.717) is 0 Å². The highest BCUT2D eigenvalue weighted by molar-refractivity contribution is 7.89. The Balaban J connectivity index is 2.86. The van der Waals surface area contributed by atoms with Gasteiger partial charge in [-0.15, -0.1) is 11.3 Å². The summed E-state index contributed by atoms with van der Waals surface area (Å²) in [6.07, 6.45) is -0.799. The van der Waals surface area contributed by atoms with Crippen molar-refractivity contribution in [3.8, 4) is 0 Å². The minimum atomic E-state index is -3.73. The molecule has 0 bridgehead atoms. The Hall–Kier alpha value is -0.960. The fourth-order valence-electron chi connectivity index (χ4n) is 0.886. The summed E-state index contributed by atoms with van der Waals surface area (Å²) in [4.78, 5) is 10.4. The number of hydrogen-bond acceptors (Lipinski definition) is 5. The Bertz CT molecular complexity index is 476. The Labute approximate surface area is 96.6 Å². The predicted octanol–water partition coefficient (Wildman–Crippen LogP) is 0.105. The second kappa shape index (κ2) is 4.91. The van der Waals surface area contributed by atoms with E-state index in [4.69, 9.17) is 10.2 Å². The molecule has 1 aromatic heterocycles. The number of nitrogens with one attached hydrogen (secondary N) is 1. The Kier molecular flexibility index (Phi) is 4.03. The van der Waals surface area contributed by atoms with Crippen LogP contribution in [0.4, 0.5) is 0 Å². The molecule has 0 aliphatic rings. The number of rotatable bonds is 5. The molecule has 90 valence electrons. The van der Waals surface area contributed by atoms with Gasteiger partial charge in [0.2, 0.25) is 10.0 Å². The molecule has 0 aliphatic carbocycles. The first-order chi connectivity index (χ1) is 7.33. The average molecular weight is 265 g/mol. The van der Waals surface area contributed by atoms with Crippen LogP contribution in [0.15, 0.2) is 16.3 Å². The lowest BCUT2D eigenvalue weighted by Gasteiger charge is -2.06. The molecule has 1 heterocycles. The van der Waals surface area contributed by atoms with E-state index in [2.05, 4.69) is 4.72 Å². The number of carboxylic acids is 1. The van der Waals surface area contributed by atoms with Gasteiger partial charge in [-0.2, -0.15) is 0 Å². The summed E-state index contributed by atoms with van der Waals surface area (Å²) in [7, 11) is -3.73. The molecule has 0 saturated heterocycles. The van der Waals surface area contributed by atoms with Crippen molar-refractivity contribution in [2.24, 2.45) is 0 Å². The SMILES string of the molecule is C[C@@H](O)CNS(=O)(=O)c1csc(C(=O)O)c1. The van der Waals surface area contributed by atoms with Crippen LogP contribution in [0.2, 0.25) is 0 Å². The summed E-state index contributed by atoms with van der Waals surface area (Å²) < 4.78 is 25.3. The molecule has 1 atom stereocenters. The highest BCUT2D eigenvalue weighted by Crippen LogP contribution is 2.18. The molecule has 6 nitrogen and oxygen atoms in total. The van der Waals surface area contributed by atoms with Crippen LogP contribution in [-0.2, 0) is 10.0 Å². The van der Waals surface area contributed by atoms with E-state index in [9.17, 15) is 13.2 Å². The van der Waals surface area contributed by atoms with Crippen LogP contribution in [0, 0.1) is 0 Å². The number of carboxylic acid groups (broad SMARTS) is 1. The number of thiophene rings is 1. The van der Waals surface area contributed by atoms with Gasteiger partial charge in [0.25, 0.3) is 0 Å². The largest absolute Gasteiger partial charge is 0.477 e. The van der Waals surface area contributed by atoms with Crippen molar-refractivity contribution >= 4 is 27.3 Å². The number of carbonyl (C=O) groups is 1. The molecular formula is C8H11NO5S2. The van der Waals surface area contributed by atoms with E-state index in [0.717, 1.165) is 17.4 Å². The van der Waals surface area contributed by atoms with Crippen molar-refractivity contribution in [1.82, 2.24) is 4.72 Å². The third-order valence-electron chi connectivity index (χ3n) is 1.67. The van der Waals surface area contributed by atoms with Crippen LogP contribution < -0.4 is 4.72 Å². The molecule has 0 radical (unpaired) electrons. The average Bonchev–Trinajstić information content (AvgIpc) is 2.64. The summed E-state index contributed by atoms with van der Waals surface area (Å²) >= 11 is 0.838. The van der Waals surface area contributed by atoms with Crippen molar-refractivity contribution < 1.29 is 23.4 Å². The molecule has 0 amide bonds. The number of sulfonamides is 1. The first-order valence-electron chi connectivity index (χ1n) is 4.32. The first kappa shape index (κ1) is 13.1. The third kappa shape index (κ3) is 3.27. The molecule has 0 spiro atoms. The lowest BCUT2D eigenvalue weighted by molar-refractivity contribution is 0.0702. The van der Waals surface area contributed by atoms with Crippen molar-refractivity contribution in [2.75, 3.05) is 6.54 Å². The maximum absolute atomic E-state index is 11.6. The Morgan fingerprint density at radius 2 is 2.25 bits per heavy atom. The number of aromatic carboxylic acids is 1. The molecule has 0 unspecified atom stereocenters. The normalized spacial score (nSPS) is 13.6. The second-order valence-corrected chi connectivity index (χ2v) is 5.83. The Morgan fingerprint density at radius 1 is 1.62 bits per heavy atom. The van der Waals surface area contributed by atoms with Gasteiger partial charge in [-0.25, -0.2) is 17.9 Å². The quantitative estimate of drug-likeness (QED) is 0.700. The summed E-state index contributed by atoms with van der Waals surface area (Å²) in [5, 5.41) is 18.8. The zero-order chi connectivity index (χ0) is 12.3. The van der Waals surface area contributed by atoms with Gasteiger partial charge >= 0.3 is 5.97 Å². The van der Waals surface area contributed by atoms with Crippen molar-refractivity contribution in [3.05, 3.63) is 16.3 Å². The van der Waals surface area contributed by atoms with Gasteiger partial charge in [-0.3, -0.25) is 0 Å². The highest BCUT2D eigenvalue weighted by atomic mass is 32.2. The van der Waals surface area contributed by atoms with Crippen molar-refractivity contribution in [3.63, 3.8) is 0 Å². The Morgan fingerprint density at radius 3 is 2.69 bits per heavy atom. The molecule has 0 aliphatic heterocycles. The topological polar surface area (TPSA) is 104 Å². The van der Waals surface area contributed by atoms with E-state index in [1.54, 1.807) is 0 Å². The number of aliphatic hydroxyl groups excluding tert-OH is 1. The minimum Gasteiger partial charge on any atom is -0.477 e. The van der Waals surface area contributed by atoms with E-state index in [1.165, 1.54) is 12.3 Å². The van der Waals surface area contributed by atoms with Crippen LogP contribution in [0.5, 0.6) is 0 Å². The van der Waals surface area contributed by atoms with Gasteiger partial charge in [-0.05, 0) is 13.0 Å². The molecule has 1 rings (SSSR count). The molecule has 3 N–H and O–H groups in total. The fraction of sp³-hybridized carbons (Fsp3) is 0.375. The van der Waals surface area contributed by atoms with Gasteiger partial charge in [0.15, 0.2) is 0 Å². The zero-order valence-electron chi connectivity index (χ0n) is 8.37. The van der Waals surface area contributed by atoms with E-state index < -0.39 is 22.1 Å². The van der Waals surface area contributed by atoms with Crippen molar-refractivity contribution in [2.45, 2.75) is 17.9 Å². The predicted molar refractivity (Wildman–Crippen MR) is 58.1 cm³/mol. The van der Waals surface area contributed by atoms with Gasteiger partial charge in [0, 0.05) is 11.9 Å². The summed E-state index contributed by atoms with van der Waals surface area (Å²) in [5.41, 5.74) is 0. The van der Waals surface area contributed by atoms with Crippen LogP contribution in [0.25, 0.3) is 0 Å². The maximum Gasteiger partial charge on any atom is 0.345 e. The summed E-state index contributed by atoms with van der Waals surface area (Å²) in [6, 6.07) is 1.08. The van der Waals surface area contributed by atoms with Gasteiger partial charge in [-0.1, -0.05) is 0 Å². The highest BCUT2D eigenvalue weighted by Gasteiger charge is 2.18. The van der Waals surface area contributed by atoms with E-state index in [-0.39, 0.29) is 16.3 Å². The number of hydrogen-bond donors (Lipinski definition) is 3. The second-order valence-electron chi connectivity index (χ2n) is 3.15. The van der Waals surface area contributed by atoms with Crippen molar-refractivity contribution in [1.29, 1.82) is 0 Å². The third-order valence-corrected chi connectivity index (χ3v) is 4.14. The van der Waals surface area contributed by atoms with E-state index >= 15 is 0 Å². The molecule has 0 saturated carbocycles. The van der Waals surface area contributed by atoms with Crippen LogP contribution >= 0.6 is 11.3 Å². The zero-order valence-corrected chi connectivity index (χ0v) is 10.0. The monoisotopic (exact) mass is 265 g/mol. The fourth-order valence-corrected chi connectivity index (χ4v) is 3.12. The van der Waals surface area contributed by atoms with Crippen LogP contribution in [-0.4, -0.2) is 37.2 Å². The van der Waals surface area contributed by atoms with Gasteiger partial charge in [0.05, 0.1) is 11.0 Å². The lowest BCUT2D eigenvalue weighted by Crippen LogP contribution is -2.30. The lowest BCUT2D eigenvalue weighted by atomic mass is 10.4. The molecule has 16 heavy (non-hydrogen) atoms. The smallest absolute Gasteiger partial charge is 0.345 e. The molecule has 0 aromatic carbocycles. The molecule has 8 heteroatoms. The number of aliphatic hydroxyl groups is 1. The van der Waals surface area contributed by atoms with E-state index in [1.807, 2.05) is 0 Å². The minimum absolute atomic E-state index is 0.0441. The molecular weight excluding hydrogens is 254 g/mol. The summed E-state index contributed by atoms with van der Waals surface area (Å²) in [5.74, 6) is -1.16. The van der Waals surface area contributed by atoms with Crippen LogP contribution in [0.3, 0.4) is 0 Å². The van der Waals surface area contributed by atoms with Crippen LogP contribution in [0.1, 0.15) is 16.6 Å². The summed E-state index contributed by atoms with van der Waals surface area (Å²) in [6.45, 7) is 1.33. The van der Waals surface area contributed by atoms with Gasteiger partial charge in [0.1, 0.15) is 4.88 Å². The first-order valence-corrected chi connectivity index (χ1v) is 6.69.